The van der Waals surface area contributed by atoms with E-state index < -0.39 is 0 Å². The Morgan fingerprint density at radius 2 is 1.87 bits per heavy atom. The van der Waals surface area contributed by atoms with Gasteiger partial charge in [0.05, 0.1) is 0 Å². The summed E-state index contributed by atoms with van der Waals surface area (Å²) in [4.78, 5) is 24.8. The minimum Gasteiger partial charge on any atom is -0.461 e. The quantitative estimate of drug-likeness (QED) is 0.313. The summed E-state index contributed by atoms with van der Waals surface area (Å²) in [7, 11) is 0. The van der Waals surface area contributed by atoms with Crippen LogP contribution >= 0.6 is 0 Å². The molecule has 2 bridgehead atoms. The molecular formula is C27H32O3. The molecule has 4 rings (SSSR count). The van der Waals surface area contributed by atoms with Gasteiger partial charge in [-0.3, -0.25) is 9.59 Å². The molecule has 0 unspecified atom stereocenters. The Morgan fingerprint density at radius 1 is 1.13 bits per heavy atom. The minimum absolute atomic E-state index is 0.0705. The lowest BCUT2D eigenvalue weighted by molar-refractivity contribution is -0.159. The molecule has 4 atom stereocenters. The van der Waals surface area contributed by atoms with Crippen LogP contribution in [0.1, 0.15) is 64.4 Å². The lowest BCUT2D eigenvalue weighted by atomic mass is 9.70. The zero-order valence-corrected chi connectivity index (χ0v) is 18.3. The fourth-order valence-electron chi connectivity index (χ4n) is 6.03. The fourth-order valence-corrected chi connectivity index (χ4v) is 6.03. The number of allylic oxidation sites excluding steroid dienone is 1. The highest BCUT2D eigenvalue weighted by molar-refractivity contribution is 5.95. The van der Waals surface area contributed by atoms with Crippen LogP contribution in [0.2, 0.25) is 0 Å². The van der Waals surface area contributed by atoms with Crippen molar-refractivity contribution in [1.82, 2.24) is 0 Å². The number of esters is 1. The number of benzene rings is 2. The predicted molar refractivity (Wildman–Crippen MR) is 120 cm³/mol. The molecule has 3 heteroatoms. The molecule has 30 heavy (non-hydrogen) atoms. The number of carbonyl (C=O) groups excluding carboxylic acids is 2. The fraction of sp³-hybridized carbons (Fsp3) is 0.481. The molecule has 2 aromatic carbocycles. The van der Waals surface area contributed by atoms with Crippen molar-refractivity contribution >= 4 is 22.5 Å². The van der Waals surface area contributed by atoms with Gasteiger partial charge in [-0.2, -0.15) is 0 Å². The first-order chi connectivity index (χ1) is 14.3. The van der Waals surface area contributed by atoms with Crippen LogP contribution in [0.25, 0.3) is 10.8 Å². The van der Waals surface area contributed by atoms with Crippen LogP contribution in [0.5, 0.6) is 0 Å². The van der Waals surface area contributed by atoms with Crippen molar-refractivity contribution in [2.24, 2.45) is 16.7 Å². The van der Waals surface area contributed by atoms with Crippen LogP contribution in [0.15, 0.2) is 55.1 Å². The highest BCUT2D eigenvalue weighted by Crippen LogP contribution is 2.71. The van der Waals surface area contributed by atoms with E-state index in [2.05, 4.69) is 69.8 Å². The van der Waals surface area contributed by atoms with Crippen LogP contribution in [0.4, 0.5) is 0 Å². The van der Waals surface area contributed by atoms with Gasteiger partial charge in [0.1, 0.15) is 18.3 Å². The number of Topliss-reactive ketones (excluding diaryl/α,β-unsaturated/α-hetero) is 1. The Kier molecular flexibility index (Phi) is 5.34. The largest absolute Gasteiger partial charge is 0.461 e. The van der Waals surface area contributed by atoms with E-state index in [1.165, 1.54) is 16.3 Å². The van der Waals surface area contributed by atoms with Gasteiger partial charge < -0.3 is 4.74 Å². The van der Waals surface area contributed by atoms with Gasteiger partial charge in [0.2, 0.25) is 0 Å². The van der Waals surface area contributed by atoms with E-state index >= 15 is 0 Å². The molecule has 0 aromatic heterocycles. The maximum Gasteiger partial charge on any atom is 0.313 e. The van der Waals surface area contributed by atoms with Crippen molar-refractivity contribution in [3.63, 3.8) is 0 Å². The minimum atomic E-state index is -0.385. The van der Waals surface area contributed by atoms with E-state index in [4.69, 9.17) is 4.74 Å². The van der Waals surface area contributed by atoms with E-state index in [0.717, 1.165) is 12.8 Å². The maximum atomic E-state index is 12.7. The lowest BCUT2D eigenvalue weighted by Crippen LogP contribution is -2.40. The van der Waals surface area contributed by atoms with Crippen molar-refractivity contribution in [2.45, 2.75) is 64.9 Å². The van der Waals surface area contributed by atoms with Crippen molar-refractivity contribution in [2.75, 3.05) is 0 Å². The maximum absolute atomic E-state index is 12.7. The topological polar surface area (TPSA) is 43.4 Å². The van der Waals surface area contributed by atoms with Crippen molar-refractivity contribution in [3.8, 4) is 0 Å². The first-order valence-electron chi connectivity index (χ1n) is 11.1. The second kappa shape index (κ2) is 7.68. The summed E-state index contributed by atoms with van der Waals surface area (Å²) < 4.78 is 6.13. The third kappa shape index (κ3) is 3.29. The SMILES string of the molecule is C=CCCC(=O)CC(=O)O[C@@H]1[C@H](c2ccc3ccccc3c2)[C@H]2CC[C@]1(C)C2(C)C. The summed E-state index contributed by atoms with van der Waals surface area (Å²) in [6.45, 7) is 10.6. The van der Waals surface area contributed by atoms with Crippen molar-refractivity contribution in [3.05, 3.63) is 60.7 Å². The number of fused-ring (bicyclic) bond motifs is 3. The molecule has 0 heterocycles. The molecule has 0 saturated heterocycles. The first-order valence-corrected chi connectivity index (χ1v) is 11.1. The Hall–Kier alpha value is -2.42. The summed E-state index contributed by atoms with van der Waals surface area (Å²) in [5, 5.41) is 2.43. The monoisotopic (exact) mass is 404 g/mol. The first kappa shape index (κ1) is 20.8. The molecule has 158 valence electrons. The third-order valence-electron chi connectivity index (χ3n) is 8.15. The van der Waals surface area contributed by atoms with Crippen LogP contribution in [-0.4, -0.2) is 17.9 Å². The van der Waals surface area contributed by atoms with Gasteiger partial charge >= 0.3 is 5.97 Å². The van der Waals surface area contributed by atoms with Crippen LogP contribution in [0, 0.1) is 16.7 Å². The van der Waals surface area contributed by atoms with E-state index in [1.807, 2.05) is 0 Å². The molecule has 2 aliphatic carbocycles. The standard InChI is InChI=1S/C27H32O3/c1-5-6-11-21(28)17-23(29)30-25-24(22-14-15-27(25,4)26(22,2)3)20-13-12-18-9-7-8-10-19(18)16-20/h5,7-10,12-13,16,22,24-25H,1,6,11,14-15,17H2,2-4H3/t22-,24-,25-,27+/m1/s1. The lowest BCUT2D eigenvalue weighted by Gasteiger charge is -2.39. The summed E-state index contributed by atoms with van der Waals surface area (Å²) in [5.74, 6) is 0.160. The van der Waals surface area contributed by atoms with Gasteiger partial charge in [0.15, 0.2) is 0 Å². The van der Waals surface area contributed by atoms with Gasteiger partial charge in [0, 0.05) is 17.8 Å². The van der Waals surface area contributed by atoms with Crippen LogP contribution in [-0.2, 0) is 14.3 Å². The highest BCUT2D eigenvalue weighted by Gasteiger charge is 2.67. The molecule has 0 amide bonds. The van der Waals surface area contributed by atoms with E-state index in [9.17, 15) is 9.59 Å². The Morgan fingerprint density at radius 3 is 2.60 bits per heavy atom. The smallest absolute Gasteiger partial charge is 0.313 e. The zero-order valence-electron chi connectivity index (χ0n) is 18.3. The van der Waals surface area contributed by atoms with Gasteiger partial charge in [-0.05, 0) is 46.9 Å². The number of hydrogen-bond donors (Lipinski definition) is 0. The molecule has 2 aromatic rings. The van der Waals surface area contributed by atoms with Gasteiger partial charge in [-0.15, -0.1) is 6.58 Å². The van der Waals surface area contributed by atoms with Crippen molar-refractivity contribution < 1.29 is 14.3 Å². The second-order valence-corrected chi connectivity index (χ2v) is 9.87. The summed E-state index contributed by atoms with van der Waals surface area (Å²) in [6.07, 6.45) is 4.51. The Balaban J connectivity index is 1.64. The predicted octanol–water partition coefficient (Wildman–Crippen LogP) is 6.22. The molecule has 0 radical (unpaired) electrons. The highest BCUT2D eigenvalue weighted by atomic mass is 16.5. The van der Waals surface area contributed by atoms with Crippen LogP contribution < -0.4 is 0 Å². The molecule has 0 aliphatic heterocycles. The third-order valence-corrected chi connectivity index (χ3v) is 8.15. The number of ketones is 1. The van der Waals surface area contributed by atoms with E-state index in [0.29, 0.717) is 18.8 Å². The number of rotatable bonds is 7. The summed E-state index contributed by atoms with van der Waals surface area (Å²) in [6, 6.07) is 15.0. The second-order valence-electron chi connectivity index (χ2n) is 9.87. The van der Waals surface area contributed by atoms with Gasteiger partial charge in [0.25, 0.3) is 0 Å². The van der Waals surface area contributed by atoms with Crippen molar-refractivity contribution in [1.29, 1.82) is 0 Å². The van der Waals surface area contributed by atoms with Gasteiger partial charge in [-0.25, -0.2) is 0 Å². The molecule has 0 N–H and O–H groups in total. The normalized spacial score (nSPS) is 29.1. The molecule has 2 fully saturated rings. The van der Waals surface area contributed by atoms with E-state index in [1.54, 1.807) is 6.08 Å². The number of ether oxygens (including phenoxy) is 1. The number of carbonyl (C=O) groups is 2. The number of hydrogen-bond acceptors (Lipinski definition) is 3. The Bertz CT molecular complexity index is 989. The summed E-state index contributed by atoms with van der Waals surface area (Å²) in [5.41, 5.74) is 1.22. The molecular weight excluding hydrogens is 372 g/mol. The molecule has 0 spiro atoms. The average Bonchev–Trinajstić information content (AvgIpc) is 3.04. The molecule has 3 nitrogen and oxygen atoms in total. The van der Waals surface area contributed by atoms with Crippen LogP contribution in [0.3, 0.4) is 0 Å². The zero-order chi connectivity index (χ0) is 21.5. The Labute approximate surface area is 179 Å². The molecule has 2 saturated carbocycles. The van der Waals surface area contributed by atoms with E-state index in [-0.39, 0.29) is 41.0 Å². The summed E-state index contributed by atoms with van der Waals surface area (Å²) >= 11 is 0. The average molecular weight is 405 g/mol. The van der Waals surface area contributed by atoms with Gasteiger partial charge in [-0.1, -0.05) is 69.3 Å². The molecule has 2 aliphatic rings.